The first-order valence-corrected chi connectivity index (χ1v) is 19.1. The van der Waals surface area contributed by atoms with E-state index in [0.29, 0.717) is 10.0 Å². The maximum Gasteiger partial charge on any atom is 0.197 e. The number of carbonyl (C=O) groups is 4. The molecule has 0 amide bonds. The van der Waals surface area contributed by atoms with Crippen LogP contribution >= 0.6 is 23.2 Å². The lowest BCUT2D eigenvalue weighted by Gasteiger charge is -2.36. The molecule has 0 unspecified atom stereocenters. The molecular formula is C44H38Cl2N2O4. The number of hydrogen-bond acceptors (Lipinski definition) is 6. The van der Waals surface area contributed by atoms with Crippen molar-refractivity contribution in [1.82, 2.24) is 0 Å². The highest BCUT2D eigenvalue weighted by Gasteiger charge is 2.48. The molecule has 4 aliphatic carbocycles. The Morgan fingerprint density at radius 1 is 0.500 bits per heavy atom. The van der Waals surface area contributed by atoms with Crippen molar-refractivity contribution in [1.29, 1.82) is 0 Å². The Hall–Kier alpha value is -4.52. The van der Waals surface area contributed by atoms with Crippen molar-refractivity contribution < 1.29 is 19.2 Å². The third-order valence-corrected chi connectivity index (χ3v) is 13.2. The summed E-state index contributed by atoms with van der Waals surface area (Å²) in [4.78, 5) is 59.7. The fourth-order valence-electron chi connectivity index (χ4n) is 10.2. The normalized spacial score (nSPS) is 22.6. The standard InChI is InChI=1S/C44H38Cl2N2O4/c1-47-35-13-9-25(45)21-33(35)43(17-5-3-6-18-43)37(47)15-11-27-39(49)29-23-31-32(24-30(29)40(27)50)42(52)28(41(31)51)12-16-38-44(19-7-4-8-20-44)34-22-26(46)10-14-36(34)48(38)2/h9-16,21-24H,3-8,17-20H2,1-2H3/b27-11?,28-12?,37-15+,38-16+. The first-order chi connectivity index (χ1) is 25.1. The zero-order valence-electron chi connectivity index (χ0n) is 29.3. The summed E-state index contributed by atoms with van der Waals surface area (Å²) in [7, 11) is 4.04. The van der Waals surface area contributed by atoms with Gasteiger partial charge in [0.1, 0.15) is 0 Å². The number of fused-ring (bicyclic) bond motifs is 6. The second-order valence-corrected chi connectivity index (χ2v) is 16.1. The molecular weight excluding hydrogens is 691 g/mol. The third kappa shape index (κ3) is 4.63. The van der Waals surface area contributed by atoms with Crippen molar-refractivity contribution in [3.8, 4) is 0 Å². The van der Waals surface area contributed by atoms with Gasteiger partial charge in [0.15, 0.2) is 23.1 Å². The molecule has 0 N–H and O–H groups in total. The van der Waals surface area contributed by atoms with Gasteiger partial charge in [0.2, 0.25) is 0 Å². The number of anilines is 2. The lowest BCUT2D eigenvalue weighted by atomic mass is 9.68. The Balaban J connectivity index is 1.05. The van der Waals surface area contributed by atoms with E-state index in [4.69, 9.17) is 23.2 Å². The maximum atomic E-state index is 13.8. The average Bonchev–Trinajstić information content (AvgIpc) is 3.70. The van der Waals surface area contributed by atoms with E-state index in [0.717, 1.165) is 74.1 Å². The fourth-order valence-corrected chi connectivity index (χ4v) is 10.6. The number of halogens is 2. The Morgan fingerprint density at radius 2 is 0.846 bits per heavy atom. The number of ketones is 4. The predicted molar refractivity (Wildman–Crippen MR) is 205 cm³/mol. The minimum absolute atomic E-state index is 0.0432. The number of hydrogen-bond donors (Lipinski definition) is 0. The lowest BCUT2D eigenvalue weighted by Crippen LogP contribution is -2.31. The molecule has 0 aromatic heterocycles. The van der Waals surface area contributed by atoms with Crippen molar-refractivity contribution in [3.05, 3.63) is 139 Å². The van der Waals surface area contributed by atoms with Gasteiger partial charge in [0.05, 0.1) is 11.1 Å². The highest BCUT2D eigenvalue weighted by Crippen LogP contribution is 2.57. The summed E-state index contributed by atoms with van der Waals surface area (Å²) in [6, 6.07) is 14.9. The van der Waals surface area contributed by atoms with E-state index >= 15 is 0 Å². The van der Waals surface area contributed by atoms with Crippen LogP contribution in [0.2, 0.25) is 10.0 Å². The monoisotopic (exact) mass is 728 g/mol. The van der Waals surface area contributed by atoms with Gasteiger partial charge >= 0.3 is 0 Å². The second-order valence-electron chi connectivity index (χ2n) is 15.3. The quantitative estimate of drug-likeness (QED) is 0.193. The van der Waals surface area contributed by atoms with E-state index < -0.39 is 23.1 Å². The molecule has 0 radical (unpaired) electrons. The summed E-state index contributed by atoms with van der Waals surface area (Å²) < 4.78 is 0. The minimum Gasteiger partial charge on any atom is -0.347 e. The summed E-state index contributed by atoms with van der Waals surface area (Å²) in [6.45, 7) is 0. The number of allylic oxidation sites excluding steroid dienone is 8. The summed E-state index contributed by atoms with van der Waals surface area (Å²) in [5, 5.41) is 1.38. The molecule has 8 heteroatoms. The van der Waals surface area contributed by atoms with E-state index in [1.165, 1.54) is 36.1 Å². The van der Waals surface area contributed by atoms with Crippen LogP contribution in [0.4, 0.5) is 11.4 Å². The summed E-state index contributed by atoms with van der Waals surface area (Å²) in [5.74, 6) is -1.72. The number of likely N-dealkylation sites (N-methyl/N-ethyl adjacent to an activating group) is 2. The average molecular weight is 730 g/mol. The molecule has 52 heavy (non-hydrogen) atoms. The van der Waals surface area contributed by atoms with Crippen LogP contribution in [0.1, 0.15) is 117 Å². The van der Waals surface area contributed by atoms with Crippen LogP contribution in [0.5, 0.6) is 0 Å². The topological polar surface area (TPSA) is 74.8 Å². The molecule has 0 bridgehead atoms. The van der Waals surface area contributed by atoms with E-state index in [9.17, 15) is 19.2 Å². The Bertz CT molecular complexity index is 2080. The van der Waals surface area contributed by atoms with Crippen LogP contribution < -0.4 is 9.80 Å². The fraction of sp³-hybridized carbons (Fsp3) is 0.318. The molecule has 2 heterocycles. The summed E-state index contributed by atoms with van der Waals surface area (Å²) in [5.41, 5.74) is 6.91. The minimum atomic E-state index is -0.429. The predicted octanol–water partition coefficient (Wildman–Crippen LogP) is 10.1. The van der Waals surface area contributed by atoms with Crippen molar-refractivity contribution >= 4 is 57.7 Å². The molecule has 3 aromatic carbocycles. The van der Waals surface area contributed by atoms with Gasteiger partial charge in [-0.3, -0.25) is 19.2 Å². The van der Waals surface area contributed by atoms with Crippen LogP contribution in [-0.2, 0) is 10.8 Å². The zero-order chi connectivity index (χ0) is 36.1. The van der Waals surface area contributed by atoms with Gasteiger partial charge < -0.3 is 9.80 Å². The molecule has 262 valence electrons. The molecule has 2 fully saturated rings. The van der Waals surface area contributed by atoms with Crippen molar-refractivity contribution in [2.75, 3.05) is 23.9 Å². The van der Waals surface area contributed by atoms with E-state index in [1.807, 2.05) is 50.5 Å². The van der Waals surface area contributed by atoms with Crippen LogP contribution in [0.3, 0.4) is 0 Å². The second kappa shape index (κ2) is 12.0. The van der Waals surface area contributed by atoms with Crippen LogP contribution in [0.25, 0.3) is 0 Å². The third-order valence-electron chi connectivity index (χ3n) is 12.7. The Labute approximate surface area is 313 Å². The lowest BCUT2D eigenvalue weighted by molar-refractivity contribution is 0.0977. The van der Waals surface area contributed by atoms with Gasteiger partial charge in [-0.1, -0.05) is 61.7 Å². The molecule has 2 saturated carbocycles. The number of Topliss-reactive ketones (excluding diaryl/α,β-unsaturated/α-hetero) is 4. The largest absolute Gasteiger partial charge is 0.347 e. The van der Waals surface area contributed by atoms with Crippen LogP contribution in [0, 0.1) is 0 Å². The van der Waals surface area contributed by atoms with Crippen molar-refractivity contribution in [2.45, 2.75) is 75.0 Å². The Kier molecular flexibility index (Phi) is 7.70. The van der Waals surface area contributed by atoms with Crippen LogP contribution in [-0.4, -0.2) is 37.2 Å². The van der Waals surface area contributed by atoms with E-state index in [2.05, 4.69) is 21.9 Å². The Morgan fingerprint density at radius 3 is 1.19 bits per heavy atom. The highest BCUT2D eigenvalue weighted by atomic mass is 35.5. The van der Waals surface area contributed by atoms with Crippen molar-refractivity contribution in [3.63, 3.8) is 0 Å². The molecule has 6 aliphatic rings. The van der Waals surface area contributed by atoms with Gasteiger partial charge in [-0.2, -0.15) is 0 Å². The van der Waals surface area contributed by atoms with Crippen LogP contribution in [0.15, 0.2) is 95.4 Å². The molecule has 2 spiro atoms. The van der Waals surface area contributed by atoms with Crippen molar-refractivity contribution in [2.24, 2.45) is 0 Å². The first-order valence-electron chi connectivity index (χ1n) is 18.3. The molecule has 0 saturated heterocycles. The number of benzene rings is 3. The van der Waals surface area contributed by atoms with Gasteiger partial charge in [-0.05, 0) is 110 Å². The molecule has 6 nitrogen and oxygen atoms in total. The summed E-state index contributed by atoms with van der Waals surface area (Å²) >= 11 is 12.9. The molecule has 3 aromatic rings. The van der Waals surface area contributed by atoms with E-state index in [1.54, 1.807) is 12.2 Å². The number of rotatable bonds is 2. The maximum absolute atomic E-state index is 13.8. The smallest absolute Gasteiger partial charge is 0.197 e. The van der Waals surface area contributed by atoms with Gasteiger partial charge in [0, 0.05) is 80.0 Å². The van der Waals surface area contributed by atoms with Gasteiger partial charge in [-0.25, -0.2) is 0 Å². The molecule has 2 aliphatic heterocycles. The zero-order valence-corrected chi connectivity index (χ0v) is 30.8. The number of carbonyl (C=O) groups excluding carboxylic acids is 4. The molecule has 9 rings (SSSR count). The number of nitrogens with zero attached hydrogens (tertiary/aromatic N) is 2. The van der Waals surface area contributed by atoms with Gasteiger partial charge in [0.25, 0.3) is 0 Å². The van der Waals surface area contributed by atoms with E-state index in [-0.39, 0.29) is 44.2 Å². The SMILES string of the molecule is CN1/C(=C/C=C2C(=O)c3cc4c(cc3C2=O)C(=O)C(=C/C=C2/N(C)c3ccc(Cl)cc3C23CCCCC3)C4=O)C2(CCCCC2)c2cc(Cl)ccc21. The highest BCUT2D eigenvalue weighted by molar-refractivity contribution is 6.44. The van der Waals surface area contributed by atoms with Gasteiger partial charge in [-0.15, -0.1) is 0 Å². The first kappa shape index (κ1) is 33.3. The summed E-state index contributed by atoms with van der Waals surface area (Å²) in [6.07, 6.45) is 17.6. The molecule has 0 atom stereocenters.